The van der Waals surface area contributed by atoms with Crippen LogP contribution in [0, 0.1) is 0 Å². The average molecular weight is 310 g/mol. The molecule has 0 unspecified atom stereocenters. The largest absolute Gasteiger partial charge is 0.338 e. The average Bonchev–Trinajstić information content (AvgIpc) is 2.63. The molecule has 2 aromatic rings. The van der Waals surface area contributed by atoms with Crippen LogP contribution in [0.25, 0.3) is 6.08 Å². The lowest BCUT2D eigenvalue weighted by molar-refractivity contribution is -0.151. The number of nitrogens with zero attached hydrogens (tertiary/aromatic N) is 4. The maximum absolute atomic E-state index is 5.11. The molecule has 1 fully saturated rings. The van der Waals surface area contributed by atoms with Gasteiger partial charge in [0.15, 0.2) is 5.75 Å². The fraction of sp³-hybridized carbons (Fsp3) is 0.294. The molecule has 1 aromatic carbocycles. The summed E-state index contributed by atoms with van der Waals surface area (Å²) in [6, 6.07) is 8.05. The van der Waals surface area contributed by atoms with Crippen molar-refractivity contribution in [1.82, 2.24) is 14.9 Å². The fourth-order valence-corrected chi connectivity index (χ4v) is 2.90. The summed E-state index contributed by atoms with van der Waals surface area (Å²) in [5, 5.41) is 0. The summed E-state index contributed by atoms with van der Waals surface area (Å²) in [5.41, 5.74) is 2.34. The zero-order chi connectivity index (χ0) is 15.5. The standard InChI is InChI=1S/C17H18N4O2/c1-5-18-17(19-6-1)21-9-7-20(8-10-21)13-14-2-3-16-15(12-14)4-11-22-23-16/h1-6,11-12H,7-10,13H2. The molecule has 23 heavy (non-hydrogen) atoms. The van der Waals surface area contributed by atoms with E-state index in [-0.39, 0.29) is 0 Å². The van der Waals surface area contributed by atoms with E-state index in [9.17, 15) is 0 Å². The van der Waals surface area contributed by atoms with Crippen molar-refractivity contribution < 1.29 is 9.78 Å². The van der Waals surface area contributed by atoms with Crippen LogP contribution < -0.4 is 9.79 Å². The van der Waals surface area contributed by atoms with Gasteiger partial charge in [-0.1, -0.05) is 6.07 Å². The molecule has 3 heterocycles. The highest BCUT2D eigenvalue weighted by Gasteiger charge is 2.19. The Morgan fingerprint density at radius 1 is 1.04 bits per heavy atom. The van der Waals surface area contributed by atoms with Crippen molar-refractivity contribution >= 4 is 12.0 Å². The zero-order valence-electron chi connectivity index (χ0n) is 12.8. The number of piperazine rings is 1. The van der Waals surface area contributed by atoms with Crippen LogP contribution in [-0.2, 0) is 11.4 Å². The molecule has 0 radical (unpaired) electrons. The molecule has 1 aromatic heterocycles. The molecule has 4 rings (SSSR count). The number of hydrogen-bond donors (Lipinski definition) is 0. The van der Waals surface area contributed by atoms with Crippen LogP contribution in [0.5, 0.6) is 5.75 Å². The van der Waals surface area contributed by atoms with E-state index in [0.29, 0.717) is 0 Å². The monoisotopic (exact) mass is 310 g/mol. The molecule has 2 aliphatic heterocycles. The summed E-state index contributed by atoms with van der Waals surface area (Å²) in [7, 11) is 0. The van der Waals surface area contributed by atoms with E-state index < -0.39 is 0 Å². The molecule has 0 amide bonds. The first-order valence-corrected chi connectivity index (χ1v) is 7.76. The number of aromatic nitrogens is 2. The molecular weight excluding hydrogens is 292 g/mol. The van der Waals surface area contributed by atoms with Crippen LogP contribution in [0.3, 0.4) is 0 Å². The molecule has 0 aliphatic carbocycles. The summed E-state index contributed by atoms with van der Waals surface area (Å²) in [5.74, 6) is 1.59. The maximum atomic E-state index is 5.11. The summed E-state index contributed by atoms with van der Waals surface area (Å²) in [6.07, 6.45) is 7.07. The molecule has 2 aliphatic rings. The van der Waals surface area contributed by atoms with Crippen molar-refractivity contribution in [1.29, 1.82) is 0 Å². The van der Waals surface area contributed by atoms with Crippen LogP contribution in [0.1, 0.15) is 11.1 Å². The van der Waals surface area contributed by atoms with Crippen LogP contribution in [-0.4, -0.2) is 41.0 Å². The SMILES string of the molecule is C1=Cc2cc(CN3CCN(c4ncccn4)CC3)ccc2OO1. The van der Waals surface area contributed by atoms with Gasteiger partial charge in [-0.3, -0.25) is 14.7 Å². The van der Waals surface area contributed by atoms with Gasteiger partial charge in [-0.05, 0) is 29.8 Å². The molecule has 0 N–H and O–H groups in total. The molecule has 0 spiro atoms. The lowest BCUT2D eigenvalue weighted by atomic mass is 10.1. The first-order valence-electron chi connectivity index (χ1n) is 7.76. The molecular formula is C17H18N4O2. The molecule has 6 nitrogen and oxygen atoms in total. The van der Waals surface area contributed by atoms with Gasteiger partial charge in [0.2, 0.25) is 5.95 Å². The van der Waals surface area contributed by atoms with Gasteiger partial charge in [0.1, 0.15) is 6.26 Å². The highest BCUT2D eigenvalue weighted by molar-refractivity contribution is 5.58. The van der Waals surface area contributed by atoms with E-state index in [4.69, 9.17) is 9.78 Å². The van der Waals surface area contributed by atoms with Crippen LogP contribution in [0.15, 0.2) is 42.9 Å². The molecule has 118 valence electrons. The highest BCUT2D eigenvalue weighted by Crippen LogP contribution is 2.25. The second kappa shape index (κ2) is 6.26. The number of fused-ring (bicyclic) bond motifs is 1. The van der Waals surface area contributed by atoms with Gasteiger partial charge in [0.05, 0.1) is 0 Å². The van der Waals surface area contributed by atoms with Crippen molar-refractivity contribution in [2.75, 3.05) is 31.1 Å². The normalized spacial score (nSPS) is 17.3. The maximum Gasteiger partial charge on any atom is 0.225 e. The summed E-state index contributed by atoms with van der Waals surface area (Å²) in [4.78, 5) is 23.3. The second-order valence-corrected chi connectivity index (χ2v) is 5.67. The Morgan fingerprint density at radius 2 is 1.87 bits per heavy atom. The van der Waals surface area contributed by atoms with E-state index in [1.807, 2.05) is 18.2 Å². The van der Waals surface area contributed by atoms with E-state index >= 15 is 0 Å². The van der Waals surface area contributed by atoms with Crippen LogP contribution in [0.2, 0.25) is 0 Å². The van der Waals surface area contributed by atoms with Gasteiger partial charge in [-0.25, -0.2) is 9.97 Å². The Bertz CT molecular complexity index is 697. The number of anilines is 1. The molecule has 0 saturated carbocycles. The first kappa shape index (κ1) is 14.0. The van der Waals surface area contributed by atoms with Gasteiger partial charge >= 0.3 is 0 Å². The van der Waals surface area contributed by atoms with Crippen molar-refractivity contribution in [2.24, 2.45) is 0 Å². The van der Waals surface area contributed by atoms with E-state index in [1.54, 1.807) is 18.7 Å². The lowest BCUT2D eigenvalue weighted by Crippen LogP contribution is -2.46. The van der Waals surface area contributed by atoms with E-state index in [0.717, 1.165) is 50.0 Å². The molecule has 1 saturated heterocycles. The smallest absolute Gasteiger partial charge is 0.225 e. The Labute approximate surface area is 134 Å². The van der Waals surface area contributed by atoms with Crippen molar-refractivity contribution in [2.45, 2.75) is 6.54 Å². The first-order chi connectivity index (χ1) is 11.4. The Balaban J connectivity index is 1.37. The third kappa shape index (κ3) is 3.12. The lowest BCUT2D eigenvalue weighted by Gasteiger charge is -2.34. The Hall–Kier alpha value is -2.60. The van der Waals surface area contributed by atoms with Gasteiger partial charge in [-0.2, -0.15) is 0 Å². The number of rotatable bonds is 3. The van der Waals surface area contributed by atoms with Crippen molar-refractivity contribution in [3.05, 3.63) is 54.0 Å². The highest BCUT2D eigenvalue weighted by atomic mass is 17.2. The van der Waals surface area contributed by atoms with Gasteiger partial charge in [-0.15, -0.1) is 0 Å². The van der Waals surface area contributed by atoms with E-state index in [1.165, 1.54) is 5.56 Å². The quantitative estimate of drug-likeness (QED) is 0.809. The predicted octanol–water partition coefficient (Wildman–Crippen LogP) is 2.09. The van der Waals surface area contributed by atoms with Gasteiger partial charge in [0.25, 0.3) is 0 Å². The minimum absolute atomic E-state index is 0.766. The predicted molar refractivity (Wildman–Crippen MR) is 86.7 cm³/mol. The minimum atomic E-state index is 0.766. The number of hydrogen-bond acceptors (Lipinski definition) is 6. The fourth-order valence-electron chi connectivity index (χ4n) is 2.90. The molecule has 0 atom stereocenters. The minimum Gasteiger partial charge on any atom is -0.338 e. The molecule has 0 bridgehead atoms. The van der Waals surface area contributed by atoms with Crippen LogP contribution >= 0.6 is 0 Å². The van der Waals surface area contributed by atoms with Crippen molar-refractivity contribution in [3.63, 3.8) is 0 Å². The topological polar surface area (TPSA) is 50.7 Å². The Morgan fingerprint density at radius 3 is 2.70 bits per heavy atom. The van der Waals surface area contributed by atoms with Gasteiger partial charge < -0.3 is 4.90 Å². The summed E-state index contributed by atoms with van der Waals surface area (Å²) in [6.45, 7) is 4.85. The van der Waals surface area contributed by atoms with Crippen molar-refractivity contribution in [3.8, 4) is 5.75 Å². The summed E-state index contributed by atoms with van der Waals surface area (Å²) >= 11 is 0. The Kier molecular flexibility index (Phi) is 3.81. The third-order valence-corrected chi connectivity index (χ3v) is 4.13. The number of benzene rings is 1. The van der Waals surface area contributed by atoms with Gasteiger partial charge in [0, 0.05) is 50.7 Å². The van der Waals surface area contributed by atoms with E-state index in [2.05, 4.69) is 31.9 Å². The summed E-state index contributed by atoms with van der Waals surface area (Å²) < 4.78 is 0. The second-order valence-electron chi connectivity index (χ2n) is 5.67. The zero-order valence-corrected chi connectivity index (χ0v) is 12.8. The third-order valence-electron chi connectivity index (χ3n) is 4.13. The molecule has 6 heteroatoms. The van der Waals surface area contributed by atoms with Crippen LogP contribution in [0.4, 0.5) is 5.95 Å².